The molecule has 1 heterocycles. The molecule has 0 aromatic rings. The minimum atomic E-state index is -0.833. The number of carbonyl (C=O) groups is 2. The molecule has 1 fully saturated rings. The van der Waals surface area contributed by atoms with Crippen LogP contribution >= 0.6 is 0 Å². The Bertz CT molecular complexity index is 341. The topological polar surface area (TPSA) is 60.9 Å². The van der Waals surface area contributed by atoms with Crippen molar-refractivity contribution in [2.75, 3.05) is 20.1 Å². The summed E-state index contributed by atoms with van der Waals surface area (Å²) in [6.07, 6.45) is 0.896. The highest BCUT2D eigenvalue weighted by Gasteiger charge is 2.44. The normalized spacial score (nSPS) is 26.8. The molecule has 0 aromatic carbocycles. The van der Waals surface area contributed by atoms with Gasteiger partial charge in [0.1, 0.15) is 0 Å². The fourth-order valence-electron chi connectivity index (χ4n) is 2.63. The number of carboxylic acid groups (broad SMARTS) is 1. The highest BCUT2D eigenvalue weighted by molar-refractivity contribution is 5.86. The zero-order chi connectivity index (χ0) is 14.1. The summed E-state index contributed by atoms with van der Waals surface area (Å²) in [5.41, 5.74) is -0.644. The fourth-order valence-corrected chi connectivity index (χ4v) is 2.63. The quantitative estimate of drug-likeness (QED) is 0.819. The van der Waals surface area contributed by atoms with Crippen molar-refractivity contribution in [3.63, 3.8) is 0 Å². The van der Waals surface area contributed by atoms with Crippen LogP contribution in [0.3, 0.4) is 0 Å². The van der Waals surface area contributed by atoms with Crippen LogP contribution in [0, 0.1) is 5.92 Å². The van der Waals surface area contributed by atoms with E-state index < -0.39 is 17.4 Å². The zero-order valence-electron chi connectivity index (χ0n) is 11.9. The molecule has 0 spiro atoms. The molecule has 5 nitrogen and oxygen atoms in total. The molecule has 18 heavy (non-hydrogen) atoms. The number of rotatable bonds is 3. The van der Waals surface area contributed by atoms with Crippen LogP contribution in [-0.2, 0) is 9.59 Å². The van der Waals surface area contributed by atoms with Crippen LogP contribution in [0.15, 0.2) is 0 Å². The first-order chi connectivity index (χ1) is 8.21. The Morgan fingerprint density at radius 2 is 2.06 bits per heavy atom. The molecule has 2 unspecified atom stereocenters. The van der Waals surface area contributed by atoms with Crippen molar-refractivity contribution in [2.24, 2.45) is 5.92 Å². The first-order valence-electron chi connectivity index (χ1n) is 6.46. The molecule has 0 radical (unpaired) electrons. The predicted octanol–water partition coefficient (Wildman–Crippen LogP) is 1.04. The van der Waals surface area contributed by atoms with Crippen LogP contribution in [0.2, 0.25) is 0 Å². The summed E-state index contributed by atoms with van der Waals surface area (Å²) >= 11 is 0. The number of amides is 1. The van der Waals surface area contributed by atoms with Crippen molar-refractivity contribution in [3.05, 3.63) is 0 Å². The van der Waals surface area contributed by atoms with E-state index in [1.54, 1.807) is 11.9 Å². The lowest BCUT2D eigenvalue weighted by Crippen LogP contribution is -2.56. The van der Waals surface area contributed by atoms with Gasteiger partial charge in [0, 0.05) is 26.2 Å². The van der Waals surface area contributed by atoms with Crippen molar-refractivity contribution in [3.8, 4) is 0 Å². The Hall–Kier alpha value is -1.10. The highest BCUT2D eigenvalue weighted by Crippen LogP contribution is 2.27. The number of likely N-dealkylation sites (N-methyl/N-ethyl adjacent to an activating group) is 1. The van der Waals surface area contributed by atoms with Gasteiger partial charge in [0.15, 0.2) is 0 Å². The molecule has 1 N–H and O–H groups in total. The maximum atomic E-state index is 12.4. The molecular weight excluding hydrogens is 232 g/mol. The van der Waals surface area contributed by atoms with Gasteiger partial charge in [-0.15, -0.1) is 0 Å². The summed E-state index contributed by atoms with van der Waals surface area (Å²) in [4.78, 5) is 27.2. The van der Waals surface area contributed by atoms with E-state index in [4.69, 9.17) is 0 Å². The third-order valence-electron chi connectivity index (χ3n) is 3.97. The maximum absolute atomic E-state index is 12.4. The molecule has 1 aliphatic heterocycles. The van der Waals surface area contributed by atoms with Crippen molar-refractivity contribution < 1.29 is 14.7 Å². The third kappa shape index (κ3) is 2.66. The Kier molecular flexibility index (Phi) is 4.37. The number of nitrogens with zero attached hydrogens (tertiary/aromatic N) is 2. The second kappa shape index (κ2) is 5.26. The van der Waals surface area contributed by atoms with Crippen LogP contribution in [0.5, 0.6) is 0 Å². The van der Waals surface area contributed by atoms with Crippen LogP contribution < -0.4 is 0 Å². The van der Waals surface area contributed by atoms with Crippen LogP contribution in [0.4, 0.5) is 0 Å². The first-order valence-corrected chi connectivity index (χ1v) is 6.46. The van der Waals surface area contributed by atoms with Crippen molar-refractivity contribution in [2.45, 2.75) is 45.7 Å². The van der Waals surface area contributed by atoms with Crippen LogP contribution in [0.25, 0.3) is 0 Å². The molecule has 1 amide bonds. The van der Waals surface area contributed by atoms with Crippen LogP contribution in [0.1, 0.15) is 34.1 Å². The molecular formula is C13H24N2O3. The third-order valence-corrected chi connectivity index (χ3v) is 3.97. The number of carboxylic acids is 1. The predicted molar refractivity (Wildman–Crippen MR) is 69.3 cm³/mol. The molecule has 1 rings (SSSR count). The molecule has 5 heteroatoms. The van der Waals surface area contributed by atoms with Gasteiger partial charge in [0.25, 0.3) is 0 Å². The van der Waals surface area contributed by atoms with Gasteiger partial charge in [-0.3, -0.25) is 14.5 Å². The first kappa shape index (κ1) is 15.0. The van der Waals surface area contributed by atoms with E-state index >= 15 is 0 Å². The average Bonchev–Trinajstić information content (AvgIpc) is 2.38. The van der Waals surface area contributed by atoms with E-state index in [1.807, 2.05) is 25.7 Å². The lowest BCUT2D eigenvalue weighted by molar-refractivity contribution is -0.142. The van der Waals surface area contributed by atoms with E-state index in [0.29, 0.717) is 6.54 Å². The van der Waals surface area contributed by atoms with E-state index in [2.05, 4.69) is 6.92 Å². The molecule has 0 aliphatic carbocycles. The van der Waals surface area contributed by atoms with Gasteiger partial charge in [-0.2, -0.15) is 0 Å². The van der Waals surface area contributed by atoms with Gasteiger partial charge < -0.3 is 10.0 Å². The smallest absolute Gasteiger partial charge is 0.309 e. The van der Waals surface area contributed by atoms with Gasteiger partial charge in [0.05, 0.1) is 11.5 Å². The van der Waals surface area contributed by atoms with Gasteiger partial charge in [-0.25, -0.2) is 0 Å². The Balaban J connectivity index is 3.11. The summed E-state index contributed by atoms with van der Waals surface area (Å²) in [5, 5.41) is 9.25. The van der Waals surface area contributed by atoms with E-state index in [1.165, 1.54) is 0 Å². The lowest BCUT2D eigenvalue weighted by atomic mass is 9.97. The molecule has 0 bridgehead atoms. The Labute approximate surface area is 109 Å². The molecule has 1 aliphatic rings. The lowest BCUT2D eigenvalue weighted by Gasteiger charge is -2.40. The fraction of sp³-hybridized carbons (Fsp3) is 0.846. The number of hydrogen-bond donors (Lipinski definition) is 1. The van der Waals surface area contributed by atoms with E-state index in [-0.39, 0.29) is 18.5 Å². The summed E-state index contributed by atoms with van der Waals surface area (Å²) in [6, 6.07) is 0.192. The SMILES string of the molecule is CCC(C)N1CC(C(=O)O)CN(C)C(=O)C1(C)C. The summed E-state index contributed by atoms with van der Waals surface area (Å²) in [5.74, 6) is -1.36. The maximum Gasteiger partial charge on any atom is 0.309 e. The van der Waals surface area contributed by atoms with Crippen molar-refractivity contribution in [1.29, 1.82) is 0 Å². The molecule has 0 saturated carbocycles. The standard InChI is InChI=1S/C13H24N2O3/c1-6-9(2)15-8-10(11(16)17)7-14(5)12(18)13(15,3)4/h9-10H,6-8H2,1-5H3,(H,16,17). The minimum Gasteiger partial charge on any atom is -0.481 e. The molecule has 1 saturated heterocycles. The van der Waals surface area contributed by atoms with Crippen molar-refractivity contribution >= 4 is 11.9 Å². The molecule has 104 valence electrons. The van der Waals surface area contributed by atoms with Gasteiger partial charge in [-0.05, 0) is 27.2 Å². The summed E-state index contributed by atoms with van der Waals surface area (Å²) < 4.78 is 0. The van der Waals surface area contributed by atoms with Gasteiger partial charge in [0.2, 0.25) is 5.91 Å². The number of carbonyl (C=O) groups excluding carboxylic acids is 1. The average molecular weight is 256 g/mol. The largest absolute Gasteiger partial charge is 0.481 e. The van der Waals surface area contributed by atoms with Crippen molar-refractivity contribution in [1.82, 2.24) is 9.80 Å². The second-order valence-corrected chi connectivity index (χ2v) is 5.69. The Morgan fingerprint density at radius 3 is 2.50 bits per heavy atom. The van der Waals surface area contributed by atoms with E-state index in [0.717, 1.165) is 6.42 Å². The second-order valence-electron chi connectivity index (χ2n) is 5.69. The molecule has 2 atom stereocenters. The number of aliphatic carboxylic acids is 1. The summed E-state index contributed by atoms with van der Waals surface area (Å²) in [7, 11) is 1.68. The van der Waals surface area contributed by atoms with Gasteiger partial charge in [-0.1, -0.05) is 6.92 Å². The zero-order valence-corrected chi connectivity index (χ0v) is 11.9. The number of hydrogen-bond acceptors (Lipinski definition) is 3. The van der Waals surface area contributed by atoms with Gasteiger partial charge >= 0.3 is 5.97 Å². The monoisotopic (exact) mass is 256 g/mol. The minimum absolute atomic E-state index is 0.00782. The van der Waals surface area contributed by atoms with Crippen LogP contribution in [-0.4, -0.2) is 58.5 Å². The Morgan fingerprint density at radius 1 is 1.50 bits per heavy atom. The molecule has 0 aromatic heterocycles. The van der Waals surface area contributed by atoms with E-state index in [9.17, 15) is 14.7 Å². The summed E-state index contributed by atoms with van der Waals surface area (Å²) in [6.45, 7) is 8.55. The highest BCUT2D eigenvalue weighted by atomic mass is 16.4.